The molecule has 0 aliphatic carbocycles. The van der Waals surface area contributed by atoms with Crippen LogP contribution in [0, 0.1) is 0 Å². The maximum absolute atomic E-state index is 5.39. The van der Waals surface area contributed by atoms with Crippen molar-refractivity contribution in [1.82, 2.24) is 0 Å². The van der Waals surface area contributed by atoms with Gasteiger partial charge in [0.15, 0.2) is 11.5 Å². The van der Waals surface area contributed by atoms with Crippen LogP contribution in [0.3, 0.4) is 0 Å². The van der Waals surface area contributed by atoms with Gasteiger partial charge in [-0.2, -0.15) is 0 Å². The molecule has 0 saturated heterocycles. The first-order chi connectivity index (χ1) is 9.26. The summed E-state index contributed by atoms with van der Waals surface area (Å²) in [6, 6.07) is 6.32. The summed E-state index contributed by atoms with van der Waals surface area (Å²) in [4.78, 5) is 0. The van der Waals surface area contributed by atoms with E-state index >= 15 is 0 Å². The molecule has 0 radical (unpaired) electrons. The average Bonchev–Trinajstić information content (AvgIpc) is 2.46. The van der Waals surface area contributed by atoms with Crippen LogP contribution in [0.5, 0.6) is 11.5 Å². The second-order valence-electron chi connectivity index (χ2n) is 5.07. The summed E-state index contributed by atoms with van der Waals surface area (Å²) in [6.07, 6.45) is 7.77. The van der Waals surface area contributed by atoms with Crippen molar-refractivity contribution in [2.45, 2.75) is 58.3 Å². The van der Waals surface area contributed by atoms with Crippen LogP contribution in [0.25, 0.3) is 0 Å². The van der Waals surface area contributed by atoms with Gasteiger partial charge in [-0.05, 0) is 36.5 Å². The minimum atomic E-state index is 0.636. The van der Waals surface area contributed by atoms with Crippen LogP contribution in [0.2, 0.25) is 0 Å². The van der Waals surface area contributed by atoms with E-state index in [4.69, 9.17) is 9.47 Å². The topological polar surface area (TPSA) is 18.5 Å². The standard InChI is InChI=1S/C17H28O2/c1-5-7-8-9-10-14(6-2)15-11-12-16(18-3)17(13-15)19-4/h11-14H,5-10H2,1-4H3. The molecule has 0 bridgehead atoms. The van der Waals surface area contributed by atoms with Crippen molar-refractivity contribution in [3.05, 3.63) is 23.8 Å². The Morgan fingerprint density at radius 3 is 2.26 bits per heavy atom. The van der Waals surface area contributed by atoms with Crippen molar-refractivity contribution in [2.75, 3.05) is 14.2 Å². The van der Waals surface area contributed by atoms with E-state index in [2.05, 4.69) is 26.0 Å². The third-order valence-electron chi connectivity index (χ3n) is 3.78. The van der Waals surface area contributed by atoms with Crippen molar-refractivity contribution in [2.24, 2.45) is 0 Å². The van der Waals surface area contributed by atoms with E-state index in [0.717, 1.165) is 11.5 Å². The Hall–Kier alpha value is -1.18. The summed E-state index contributed by atoms with van der Waals surface area (Å²) in [5, 5.41) is 0. The number of methoxy groups -OCH3 is 2. The fraction of sp³-hybridized carbons (Fsp3) is 0.647. The van der Waals surface area contributed by atoms with Gasteiger partial charge in [0.1, 0.15) is 0 Å². The number of benzene rings is 1. The van der Waals surface area contributed by atoms with Crippen molar-refractivity contribution in [3.63, 3.8) is 0 Å². The lowest BCUT2D eigenvalue weighted by Crippen LogP contribution is -1.99. The van der Waals surface area contributed by atoms with E-state index in [1.165, 1.54) is 44.1 Å². The lowest BCUT2D eigenvalue weighted by atomic mass is 9.90. The van der Waals surface area contributed by atoms with Crippen LogP contribution in [-0.2, 0) is 0 Å². The zero-order valence-corrected chi connectivity index (χ0v) is 12.9. The Labute approximate surface area is 118 Å². The maximum Gasteiger partial charge on any atom is 0.160 e. The minimum absolute atomic E-state index is 0.636. The highest BCUT2D eigenvalue weighted by atomic mass is 16.5. The molecule has 0 aromatic heterocycles. The molecule has 1 aromatic rings. The van der Waals surface area contributed by atoms with E-state index in [1.807, 2.05) is 6.07 Å². The summed E-state index contributed by atoms with van der Waals surface area (Å²) in [6.45, 7) is 4.52. The molecule has 19 heavy (non-hydrogen) atoms. The molecule has 1 rings (SSSR count). The summed E-state index contributed by atoms with van der Waals surface area (Å²) in [7, 11) is 3.38. The van der Waals surface area contributed by atoms with Gasteiger partial charge in [-0.15, -0.1) is 0 Å². The fourth-order valence-electron chi connectivity index (χ4n) is 2.53. The molecule has 108 valence electrons. The Kier molecular flexibility index (Phi) is 7.39. The molecule has 2 nitrogen and oxygen atoms in total. The predicted octanol–water partition coefficient (Wildman–Crippen LogP) is 5.17. The predicted molar refractivity (Wildman–Crippen MR) is 81.3 cm³/mol. The molecular formula is C17H28O2. The third-order valence-corrected chi connectivity index (χ3v) is 3.78. The number of hydrogen-bond acceptors (Lipinski definition) is 2. The van der Waals surface area contributed by atoms with Crippen LogP contribution in [-0.4, -0.2) is 14.2 Å². The van der Waals surface area contributed by atoms with Crippen LogP contribution in [0.4, 0.5) is 0 Å². The van der Waals surface area contributed by atoms with E-state index in [0.29, 0.717) is 5.92 Å². The number of rotatable bonds is 9. The number of unbranched alkanes of at least 4 members (excludes halogenated alkanes) is 3. The van der Waals surface area contributed by atoms with Crippen LogP contribution in [0.1, 0.15) is 63.9 Å². The SMILES string of the molecule is CCCCCCC(CC)c1ccc(OC)c(OC)c1. The van der Waals surface area contributed by atoms with Crippen molar-refractivity contribution < 1.29 is 9.47 Å². The summed E-state index contributed by atoms with van der Waals surface area (Å²) in [5.41, 5.74) is 1.37. The third kappa shape index (κ3) is 4.77. The molecular weight excluding hydrogens is 236 g/mol. The smallest absolute Gasteiger partial charge is 0.160 e. The van der Waals surface area contributed by atoms with Gasteiger partial charge in [0.2, 0.25) is 0 Å². The molecule has 0 spiro atoms. The molecule has 0 heterocycles. The van der Waals surface area contributed by atoms with Gasteiger partial charge in [-0.1, -0.05) is 45.6 Å². The quantitative estimate of drug-likeness (QED) is 0.573. The van der Waals surface area contributed by atoms with Gasteiger partial charge >= 0.3 is 0 Å². The lowest BCUT2D eigenvalue weighted by Gasteiger charge is -2.17. The first-order valence-corrected chi connectivity index (χ1v) is 7.48. The van der Waals surface area contributed by atoms with Gasteiger partial charge in [0.25, 0.3) is 0 Å². The first kappa shape index (κ1) is 15.9. The average molecular weight is 264 g/mol. The Morgan fingerprint density at radius 2 is 1.68 bits per heavy atom. The van der Waals surface area contributed by atoms with Crippen molar-refractivity contribution >= 4 is 0 Å². The highest BCUT2D eigenvalue weighted by Gasteiger charge is 2.12. The first-order valence-electron chi connectivity index (χ1n) is 7.48. The van der Waals surface area contributed by atoms with Gasteiger partial charge in [0.05, 0.1) is 14.2 Å². The summed E-state index contributed by atoms with van der Waals surface area (Å²) < 4.78 is 10.7. The maximum atomic E-state index is 5.39. The second-order valence-corrected chi connectivity index (χ2v) is 5.07. The molecule has 0 N–H and O–H groups in total. The van der Waals surface area contributed by atoms with Crippen molar-refractivity contribution in [3.8, 4) is 11.5 Å². The Bertz CT molecular complexity index is 360. The number of ether oxygens (including phenoxy) is 2. The molecule has 1 unspecified atom stereocenters. The van der Waals surface area contributed by atoms with Gasteiger partial charge in [-0.3, -0.25) is 0 Å². The molecule has 0 fully saturated rings. The van der Waals surface area contributed by atoms with E-state index < -0.39 is 0 Å². The molecule has 0 saturated carbocycles. The normalized spacial score (nSPS) is 12.2. The van der Waals surface area contributed by atoms with Gasteiger partial charge in [-0.25, -0.2) is 0 Å². The zero-order valence-electron chi connectivity index (χ0n) is 12.9. The molecule has 1 aromatic carbocycles. The van der Waals surface area contributed by atoms with E-state index in [1.54, 1.807) is 14.2 Å². The van der Waals surface area contributed by atoms with Crippen LogP contribution >= 0.6 is 0 Å². The van der Waals surface area contributed by atoms with E-state index in [9.17, 15) is 0 Å². The molecule has 2 heteroatoms. The van der Waals surface area contributed by atoms with Crippen molar-refractivity contribution in [1.29, 1.82) is 0 Å². The second kappa shape index (κ2) is 8.84. The Balaban J connectivity index is 2.69. The summed E-state index contributed by atoms with van der Waals surface area (Å²) >= 11 is 0. The lowest BCUT2D eigenvalue weighted by molar-refractivity contribution is 0.354. The van der Waals surface area contributed by atoms with Crippen LogP contribution in [0.15, 0.2) is 18.2 Å². The molecule has 0 aliphatic heterocycles. The zero-order chi connectivity index (χ0) is 14.1. The summed E-state index contributed by atoms with van der Waals surface area (Å²) in [5.74, 6) is 2.29. The monoisotopic (exact) mass is 264 g/mol. The minimum Gasteiger partial charge on any atom is -0.493 e. The molecule has 0 aliphatic rings. The van der Waals surface area contributed by atoms with E-state index in [-0.39, 0.29) is 0 Å². The number of hydrogen-bond donors (Lipinski definition) is 0. The van der Waals surface area contributed by atoms with Gasteiger partial charge < -0.3 is 9.47 Å². The highest BCUT2D eigenvalue weighted by molar-refractivity contribution is 5.43. The molecule has 0 amide bonds. The van der Waals surface area contributed by atoms with Crippen LogP contribution < -0.4 is 9.47 Å². The van der Waals surface area contributed by atoms with Gasteiger partial charge in [0, 0.05) is 0 Å². The largest absolute Gasteiger partial charge is 0.493 e. The highest BCUT2D eigenvalue weighted by Crippen LogP contribution is 2.33. The fourth-order valence-corrected chi connectivity index (χ4v) is 2.53. The Morgan fingerprint density at radius 1 is 0.947 bits per heavy atom. The molecule has 1 atom stereocenters.